The van der Waals surface area contributed by atoms with Crippen molar-refractivity contribution < 1.29 is 4.79 Å². The molecule has 0 unspecified atom stereocenters. The van der Waals surface area contributed by atoms with Crippen LogP contribution in [0, 0.1) is 6.92 Å². The third kappa shape index (κ3) is 4.94. The average molecular weight is 425 g/mol. The smallest absolute Gasteiger partial charge is 0.273 e. The molecule has 0 spiro atoms. The van der Waals surface area contributed by atoms with Crippen LogP contribution in [-0.4, -0.2) is 64.1 Å². The third-order valence-corrected chi connectivity index (χ3v) is 7.19. The number of hydrogen-bond donors (Lipinski definition) is 2. The molecule has 3 heterocycles. The molecule has 29 heavy (non-hydrogen) atoms. The second kappa shape index (κ2) is 10.2. The first kappa shape index (κ1) is 22.5. The summed E-state index contributed by atoms with van der Waals surface area (Å²) in [7, 11) is 0. The van der Waals surface area contributed by atoms with Crippen LogP contribution in [0.25, 0.3) is 0 Å². The van der Waals surface area contributed by atoms with E-state index in [4.69, 9.17) is 0 Å². The number of amides is 1. The number of nitrogens with zero attached hydrogens (tertiary/aromatic N) is 4. The Morgan fingerprint density at radius 3 is 2.45 bits per heavy atom. The van der Waals surface area contributed by atoms with E-state index in [2.05, 4.69) is 25.8 Å². The molecule has 164 valence electrons. The molecule has 1 aromatic rings. The van der Waals surface area contributed by atoms with E-state index < -0.39 is 0 Å². The Kier molecular flexibility index (Phi) is 7.93. The number of carbonyl (C=O) groups is 1. The summed E-state index contributed by atoms with van der Waals surface area (Å²) in [6, 6.07) is 0.355. The zero-order valence-corrected chi connectivity index (χ0v) is 18.6. The number of rotatable bonds is 5. The molecule has 2 N–H and O–H groups in total. The molecule has 2 saturated heterocycles. The fourth-order valence-corrected chi connectivity index (χ4v) is 5.46. The highest BCUT2D eigenvalue weighted by Gasteiger charge is 2.39. The van der Waals surface area contributed by atoms with Crippen LogP contribution in [0.5, 0.6) is 0 Å². The number of aromatic nitrogens is 3. The molecule has 4 rings (SSSR count). The van der Waals surface area contributed by atoms with Crippen LogP contribution in [0.15, 0.2) is 0 Å². The maximum atomic E-state index is 13.0. The van der Waals surface area contributed by atoms with Gasteiger partial charge in [-0.3, -0.25) is 9.69 Å². The van der Waals surface area contributed by atoms with E-state index in [9.17, 15) is 4.79 Å². The lowest BCUT2D eigenvalue weighted by Gasteiger charge is -2.48. The summed E-state index contributed by atoms with van der Waals surface area (Å²) in [5.74, 6) is -0.0559. The van der Waals surface area contributed by atoms with Gasteiger partial charge in [-0.15, -0.1) is 17.5 Å². The molecule has 1 aromatic heterocycles. The van der Waals surface area contributed by atoms with Crippen LogP contribution >= 0.6 is 12.4 Å². The van der Waals surface area contributed by atoms with Gasteiger partial charge in [0.05, 0.1) is 11.7 Å². The first-order chi connectivity index (χ1) is 13.7. The van der Waals surface area contributed by atoms with Gasteiger partial charge in [0, 0.05) is 12.1 Å². The van der Waals surface area contributed by atoms with Crippen LogP contribution < -0.4 is 10.6 Å². The van der Waals surface area contributed by atoms with Gasteiger partial charge in [0.2, 0.25) is 0 Å². The monoisotopic (exact) mass is 424 g/mol. The van der Waals surface area contributed by atoms with Crippen molar-refractivity contribution >= 4 is 18.3 Å². The standard InChI is InChI=1S/C21H36N6O.ClH/c1-17-19(24-25-27(17)18-8-12-22-13-9-18)20(28)23-16-21(10-4-2-5-11-21)26-14-6-3-7-15-26;/h18,22H,2-16H2,1H3,(H,23,28);1H. The zero-order chi connectivity index (χ0) is 19.4. The lowest BCUT2D eigenvalue weighted by atomic mass is 9.79. The minimum Gasteiger partial charge on any atom is -0.349 e. The summed E-state index contributed by atoms with van der Waals surface area (Å²) in [5.41, 5.74) is 1.55. The van der Waals surface area contributed by atoms with Crippen molar-refractivity contribution in [2.24, 2.45) is 0 Å². The number of piperidine rings is 2. The molecular formula is C21H37ClN6O. The summed E-state index contributed by atoms with van der Waals surface area (Å²) >= 11 is 0. The fourth-order valence-electron chi connectivity index (χ4n) is 5.46. The molecule has 8 heteroatoms. The SMILES string of the molecule is Cc1c(C(=O)NCC2(N3CCCCC3)CCCCC2)nnn1C1CCNCC1.Cl. The van der Waals surface area contributed by atoms with Crippen molar-refractivity contribution in [1.82, 2.24) is 30.5 Å². The molecule has 0 aromatic carbocycles. The highest BCUT2D eigenvalue weighted by Crippen LogP contribution is 2.35. The molecule has 0 atom stereocenters. The van der Waals surface area contributed by atoms with Crippen LogP contribution in [-0.2, 0) is 0 Å². The van der Waals surface area contributed by atoms with Crippen molar-refractivity contribution in [1.29, 1.82) is 0 Å². The van der Waals surface area contributed by atoms with Crippen molar-refractivity contribution in [3.63, 3.8) is 0 Å². The molecule has 7 nitrogen and oxygen atoms in total. The first-order valence-corrected chi connectivity index (χ1v) is 11.4. The van der Waals surface area contributed by atoms with Gasteiger partial charge in [0.1, 0.15) is 0 Å². The Labute approximate surface area is 180 Å². The van der Waals surface area contributed by atoms with E-state index in [0.717, 1.165) is 38.2 Å². The van der Waals surface area contributed by atoms with Gasteiger partial charge in [-0.2, -0.15) is 0 Å². The normalized spacial score (nSPS) is 23.3. The number of halogens is 1. The Morgan fingerprint density at radius 2 is 1.76 bits per heavy atom. The second-order valence-electron chi connectivity index (χ2n) is 8.96. The average Bonchev–Trinajstić information content (AvgIpc) is 3.15. The fraction of sp³-hybridized carbons (Fsp3) is 0.857. The summed E-state index contributed by atoms with van der Waals surface area (Å²) in [6.07, 6.45) is 12.3. The van der Waals surface area contributed by atoms with E-state index in [1.807, 2.05) is 11.6 Å². The molecule has 2 aliphatic heterocycles. The van der Waals surface area contributed by atoms with E-state index >= 15 is 0 Å². The predicted molar refractivity (Wildman–Crippen MR) is 117 cm³/mol. The Balaban J connectivity index is 0.00000240. The van der Waals surface area contributed by atoms with Gasteiger partial charge in [0.25, 0.3) is 5.91 Å². The van der Waals surface area contributed by atoms with Crippen molar-refractivity contribution in [3.8, 4) is 0 Å². The van der Waals surface area contributed by atoms with Gasteiger partial charge in [-0.25, -0.2) is 4.68 Å². The highest BCUT2D eigenvalue weighted by molar-refractivity contribution is 5.93. The number of hydrogen-bond acceptors (Lipinski definition) is 5. The Morgan fingerprint density at radius 1 is 1.10 bits per heavy atom. The molecule has 1 aliphatic carbocycles. The number of carbonyl (C=O) groups excluding carboxylic acids is 1. The maximum Gasteiger partial charge on any atom is 0.273 e. The number of nitrogens with one attached hydrogen (secondary N) is 2. The molecule has 3 aliphatic rings. The van der Waals surface area contributed by atoms with Crippen molar-refractivity contribution in [3.05, 3.63) is 11.4 Å². The third-order valence-electron chi connectivity index (χ3n) is 7.19. The van der Waals surface area contributed by atoms with Crippen molar-refractivity contribution in [2.75, 3.05) is 32.7 Å². The highest BCUT2D eigenvalue weighted by atomic mass is 35.5. The molecule has 1 amide bonds. The molecule has 0 radical (unpaired) electrons. The Hall–Kier alpha value is -1.18. The van der Waals surface area contributed by atoms with Crippen LogP contribution in [0.4, 0.5) is 0 Å². The molecule has 0 bridgehead atoms. The molecule has 1 saturated carbocycles. The summed E-state index contributed by atoms with van der Waals surface area (Å²) in [4.78, 5) is 15.6. The topological polar surface area (TPSA) is 75.1 Å². The zero-order valence-electron chi connectivity index (χ0n) is 17.8. The van der Waals surface area contributed by atoms with Gasteiger partial charge >= 0.3 is 0 Å². The minimum atomic E-state index is -0.0559. The molecule has 3 fully saturated rings. The quantitative estimate of drug-likeness (QED) is 0.760. The first-order valence-electron chi connectivity index (χ1n) is 11.4. The summed E-state index contributed by atoms with van der Waals surface area (Å²) in [5, 5.41) is 15.2. The Bertz CT molecular complexity index is 660. The minimum absolute atomic E-state index is 0. The number of likely N-dealkylation sites (tertiary alicyclic amines) is 1. The van der Waals surface area contributed by atoms with Gasteiger partial charge in [-0.1, -0.05) is 30.9 Å². The summed E-state index contributed by atoms with van der Waals surface area (Å²) < 4.78 is 1.97. The van der Waals surface area contributed by atoms with Gasteiger partial charge in [-0.05, 0) is 71.6 Å². The molecular weight excluding hydrogens is 388 g/mol. The van der Waals surface area contributed by atoms with Crippen LogP contribution in [0.3, 0.4) is 0 Å². The van der Waals surface area contributed by atoms with E-state index in [1.54, 1.807) is 0 Å². The predicted octanol–water partition coefficient (Wildman–Crippen LogP) is 2.85. The van der Waals surface area contributed by atoms with Crippen LogP contribution in [0.2, 0.25) is 0 Å². The lowest BCUT2D eigenvalue weighted by Crippen LogP contribution is -2.58. The maximum absolute atomic E-state index is 13.0. The van der Waals surface area contributed by atoms with Crippen LogP contribution in [0.1, 0.15) is 86.4 Å². The summed E-state index contributed by atoms with van der Waals surface area (Å²) in [6.45, 7) is 7.10. The lowest BCUT2D eigenvalue weighted by molar-refractivity contribution is 0.0326. The second-order valence-corrected chi connectivity index (χ2v) is 8.96. The van der Waals surface area contributed by atoms with Gasteiger partial charge in [0.15, 0.2) is 5.69 Å². The van der Waals surface area contributed by atoms with E-state index in [0.29, 0.717) is 11.7 Å². The van der Waals surface area contributed by atoms with E-state index in [1.165, 1.54) is 64.5 Å². The van der Waals surface area contributed by atoms with Crippen molar-refractivity contribution in [2.45, 2.75) is 82.7 Å². The van der Waals surface area contributed by atoms with Gasteiger partial charge < -0.3 is 10.6 Å². The largest absolute Gasteiger partial charge is 0.349 e. The van der Waals surface area contributed by atoms with E-state index in [-0.39, 0.29) is 23.9 Å².